The number of hydrazone groups is 1. The van der Waals surface area contributed by atoms with Crippen molar-refractivity contribution in [1.29, 1.82) is 0 Å². The number of carbonyl (C=O) groups excluding carboxylic acids is 1. The van der Waals surface area contributed by atoms with Crippen molar-refractivity contribution < 1.29 is 24.0 Å². The summed E-state index contributed by atoms with van der Waals surface area (Å²) in [6, 6.07) is 23.4. The number of carboxylic acid groups (broad SMARTS) is 1. The van der Waals surface area contributed by atoms with Crippen molar-refractivity contribution in [3.8, 4) is 39.7 Å². The fourth-order valence-electron chi connectivity index (χ4n) is 4.56. The van der Waals surface area contributed by atoms with Gasteiger partial charge in [-0.3, -0.25) is 15.0 Å². The number of carbonyl (C=O) groups is 2. The first-order chi connectivity index (χ1) is 21.5. The number of hydrogen-bond acceptors (Lipinski definition) is 10. The van der Waals surface area contributed by atoms with Crippen LogP contribution in [0, 0.1) is 5.92 Å². The Morgan fingerprint density at radius 3 is 2.23 bits per heavy atom. The Hall–Kier alpha value is -5.23. The quantitative estimate of drug-likeness (QED) is 0.123. The van der Waals surface area contributed by atoms with E-state index in [1.165, 1.54) is 0 Å². The fraction of sp³-hybridized carbons (Fsp3) is 0.281. The molecule has 0 spiro atoms. The Morgan fingerprint density at radius 1 is 0.886 bits per heavy atom. The first kappa shape index (κ1) is 30.2. The molecule has 0 fully saturated rings. The van der Waals surface area contributed by atoms with Gasteiger partial charge in [0.15, 0.2) is 5.84 Å². The number of carboxylic acids is 1. The summed E-state index contributed by atoms with van der Waals surface area (Å²) in [6.45, 7) is 2.70. The molecule has 5 rings (SSSR count). The van der Waals surface area contributed by atoms with E-state index in [4.69, 9.17) is 14.4 Å². The van der Waals surface area contributed by atoms with Gasteiger partial charge in [-0.15, -0.1) is 10.6 Å². The molecule has 44 heavy (non-hydrogen) atoms. The van der Waals surface area contributed by atoms with Gasteiger partial charge in [0.2, 0.25) is 11.7 Å². The molecule has 1 aliphatic rings. The second-order valence-electron chi connectivity index (χ2n) is 10.5. The lowest BCUT2D eigenvalue weighted by Gasteiger charge is -2.09. The standard InChI is InChI=1S/C32H35N7O5/c1-21(32(41)42)5-2-3-19-33-28(40)6-4-20-43-27-17-15-23(16-18-27)22-7-9-24(10-8-22)29-34-31(44-37-29)26-13-11-25(12-14-26)30-35-38-39-36-30/h7-18,21,38-39H,2-6,19-20H2,1H3,(H,33,40)(H,35,36)(H,41,42)/t21-/m0/s1. The predicted molar refractivity (Wildman–Crippen MR) is 165 cm³/mol. The third kappa shape index (κ3) is 8.19. The normalized spacial score (nSPS) is 13.0. The molecular weight excluding hydrogens is 562 g/mol. The van der Waals surface area contributed by atoms with Gasteiger partial charge in [0.1, 0.15) is 5.75 Å². The predicted octanol–water partition coefficient (Wildman–Crippen LogP) is 4.51. The largest absolute Gasteiger partial charge is 0.494 e. The van der Waals surface area contributed by atoms with Gasteiger partial charge in [-0.05, 0) is 54.7 Å². The zero-order chi connectivity index (χ0) is 30.7. The fourth-order valence-corrected chi connectivity index (χ4v) is 4.56. The molecule has 12 nitrogen and oxygen atoms in total. The van der Waals surface area contributed by atoms with Gasteiger partial charge in [0, 0.05) is 29.7 Å². The van der Waals surface area contributed by atoms with Gasteiger partial charge in [-0.2, -0.15) is 4.98 Å². The van der Waals surface area contributed by atoms with Gasteiger partial charge in [-0.1, -0.05) is 67.0 Å². The molecule has 0 aliphatic carbocycles. The van der Waals surface area contributed by atoms with Crippen LogP contribution in [0.2, 0.25) is 0 Å². The van der Waals surface area contributed by atoms with E-state index in [2.05, 4.69) is 37.1 Å². The highest BCUT2D eigenvalue weighted by atomic mass is 16.5. The van der Waals surface area contributed by atoms with Crippen LogP contribution < -0.4 is 26.5 Å². The van der Waals surface area contributed by atoms with E-state index in [1.54, 1.807) is 6.92 Å². The summed E-state index contributed by atoms with van der Waals surface area (Å²) >= 11 is 0. The SMILES string of the molecule is C[C@@H](CCCCNC(=O)CCCOc1ccc(-c2ccc(-c3noc(-c4ccc(C5=NNNN5)cc4)n3)cc2)cc1)C(=O)O. The molecule has 4 aromatic rings. The smallest absolute Gasteiger partial charge is 0.306 e. The number of rotatable bonds is 15. The van der Waals surface area contributed by atoms with Crippen molar-refractivity contribution >= 4 is 17.7 Å². The number of hydrazine groups is 2. The van der Waals surface area contributed by atoms with Crippen LogP contribution in [-0.4, -0.2) is 46.1 Å². The minimum absolute atomic E-state index is 0.0200. The molecule has 3 aromatic carbocycles. The Bertz CT molecular complexity index is 1570. The number of aliphatic carboxylic acids is 1. The molecule has 2 heterocycles. The van der Waals surface area contributed by atoms with E-state index in [9.17, 15) is 9.59 Å². The summed E-state index contributed by atoms with van der Waals surface area (Å²) in [5.41, 5.74) is 12.9. The molecule has 5 N–H and O–H groups in total. The zero-order valence-electron chi connectivity index (χ0n) is 24.4. The van der Waals surface area contributed by atoms with Crippen LogP contribution in [0.15, 0.2) is 82.4 Å². The number of unbranched alkanes of at least 4 members (excludes halogenated alkanes) is 1. The Morgan fingerprint density at radius 2 is 1.55 bits per heavy atom. The van der Waals surface area contributed by atoms with Gasteiger partial charge in [0.05, 0.1) is 12.5 Å². The molecule has 1 amide bonds. The highest BCUT2D eigenvalue weighted by Gasteiger charge is 2.13. The molecule has 12 heteroatoms. The van der Waals surface area contributed by atoms with Crippen molar-refractivity contribution in [3.63, 3.8) is 0 Å². The Kier molecular flexibility index (Phi) is 10.2. The van der Waals surface area contributed by atoms with Crippen LogP contribution in [-0.2, 0) is 9.59 Å². The Balaban J connectivity index is 1.04. The lowest BCUT2D eigenvalue weighted by molar-refractivity contribution is -0.141. The van der Waals surface area contributed by atoms with E-state index >= 15 is 0 Å². The van der Waals surface area contributed by atoms with Crippen molar-refractivity contribution in [3.05, 3.63) is 78.4 Å². The van der Waals surface area contributed by atoms with Crippen molar-refractivity contribution in [2.24, 2.45) is 11.0 Å². The van der Waals surface area contributed by atoms with Gasteiger partial charge in [0.25, 0.3) is 5.89 Å². The topological polar surface area (TPSA) is 163 Å². The number of aromatic nitrogens is 2. The van der Waals surface area contributed by atoms with Crippen LogP contribution in [0.25, 0.3) is 34.0 Å². The summed E-state index contributed by atoms with van der Waals surface area (Å²) in [5, 5.41) is 20.0. The summed E-state index contributed by atoms with van der Waals surface area (Å²) in [6.07, 6.45) is 3.16. The van der Waals surface area contributed by atoms with E-state index in [0.717, 1.165) is 46.4 Å². The third-order valence-corrected chi connectivity index (χ3v) is 7.19. The maximum Gasteiger partial charge on any atom is 0.306 e. The first-order valence-electron chi connectivity index (χ1n) is 14.6. The van der Waals surface area contributed by atoms with Gasteiger partial charge in [-0.25, -0.2) is 5.53 Å². The van der Waals surface area contributed by atoms with Crippen LogP contribution in [0.4, 0.5) is 0 Å². The zero-order valence-corrected chi connectivity index (χ0v) is 24.4. The number of benzene rings is 3. The van der Waals surface area contributed by atoms with Crippen LogP contribution >= 0.6 is 0 Å². The lowest BCUT2D eigenvalue weighted by Crippen LogP contribution is -2.35. The van der Waals surface area contributed by atoms with Crippen LogP contribution in [0.5, 0.6) is 5.75 Å². The first-order valence-corrected chi connectivity index (χ1v) is 14.6. The maximum absolute atomic E-state index is 12.0. The number of amides is 1. The monoisotopic (exact) mass is 597 g/mol. The average molecular weight is 598 g/mol. The maximum atomic E-state index is 12.0. The number of nitrogens with zero attached hydrogens (tertiary/aromatic N) is 3. The lowest BCUT2D eigenvalue weighted by atomic mass is 10.0. The molecule has 0 bridgehead atoms. The van der Waals surface area contributed by atoms with Crippen molar-refractivity contribution in [1.82, 2.24) is 32.0 Å². The Labute approximate surface area is 254 Å². The van der Waals surface area contributed by atoms with E-state index in [0.29, 0.717) is 50.0 Å². The summed E-state index contributed by atoms with van der Waals surface area (Å²) in [7, 11) is 0. The number of nitrogens with one attached hydrogen (secondary N) is 4. The summed E-state index contributed by atoms with van der Waals surface area (Å²) in [4.78, 5) is 27.4. The highest BCUT2D eigenvalue weighted by molar-refractivity contribution is 5.99. The van der Waals surface area contributed by atoms with Crippen molar-refractivity contribution in [2.45, 2.75) is 39.0 Å². The molecular formula is C32H35N7O5. The molecule has 1 atom stereocenters. The average Bonchev–Trinajstić information content (AvgIpc) is 3.77. The molecule has 0 unspecified atom stereocenters. The molecule has 0 radical (unpaired) electrons. The third-order valence-electron chi connectivity index (χ3n) is 7.19. The molecule has 1 aliphatic heterocycles. The minimum atomic E-state index is -0.780. The van der Waals surface area contributed by atoms with E-state index in [1.807, 2.05) is 72.8 Å². The van der Waals surface area contributed by atoms with Gasteiger partial charge >= 0.3 is 5.97 Å². The van der Waals surface area contributed by atoms with Crippen LogP contribution in [0.3, 0.4) is 0 Å². The second kappa shape index (κ2) is 14.8. The molecule has 0 saturated carbocycles. The van der Waals surface area contributed by atoms with E-state index in [-0.39, 0.29) is 11.8 Å². The van der Waals surface area contributed by atoms with Gasteiger partial charge < -0.3 is 19.7 Å². The second-order valence-corrected chi connectivity index (χ2v) is 10.5. The highest BCUT2D eigenvalue weighted by Crippen LogP contribution is 2.27. The molecule has 0 saturated heterocycles. The number of ether oxygens (including phenoxy) is 1. The summed E-state index contributed by atoms with van der Waals surface area (Å²) < 4.78 is 11.3. The number of hydrogen-bond donors (Lipinski definition) is 5. The van der Waals surface area contributed by atoms with Crippen molar-refractivity contribution in [2.75, 3.05) is 13.2 Å². The van der Waals surface area contributed by atoms with E-state index < -0.39 is 5.97 Å². The molecule has 228 valence electrons. The number of amidine groups is 1. The summed E-state index contributed by atoms with van der Waals surface area (Å²) in [5.74, 6) is 1.23. The molecule has 1 aromatic heterocycles. The minimum Gasteiger partial charge on any atom is -0.494 e. The van der Waals surface area contributed by atoms with Crippen LogP contribution in [0.1, 0.15) is 44.6 Å².